The van der Waals surface area contributed by atoms with Gasteiger partial charge in [0.2, 0.25) is 0 Å². The fourth-order valence-corrected chi connectivity index (χ4v) is 1.03. The molecular formula is C6H11O9P. The van der Waals surface area contributed by atoms with E-state index in [0.29, 0.717) is 0 Å². The molecule has 94 valence electrons. The van der Waals surface area contributed by atoms with Crippen molar-refractivity contribution in [3.05, 3.63) is 0 Å². The van der Waals surface area contributed by atoms with E-state index in [9.17, 15) is 14.2 Å². The van der Waals surface area contributed by atoms with Gasteiger partial charge in [-0.15, -0.1) is 0 Å². The summed E-state index contributed by atoms with van der Waals surface area (Å²) < 4.78 is 14.0. The molecule has 5 N–H and O–H groups in total. The van der Waals surface area contributed by atoms with Gasteiger partial charge in [0.05, 0.1) is 12.5 Å². The van der Waals surface area contributed by atoms with E-state index in [4.69, 9.17) is 25.1 Å². The van der Waals surface area contributed by atoms with Crippen molar-refractivity contribution >= 4 is 19.6 Å². The first-order chi connectivity index (χ1) is 7.13. The third-order valence-electron chi connectivity index (χ3n) is 1.45. The Hall–Kier alpha value is -0.830. The summed E-state index contributed by atoms with van der Waals surface area (Å²) in [6.07, 6.45) is -4.80. The molecule has 0 radical (unpaired) electrons. The lowest BCUT2D eigenvalue weighted by atomic mass is 10.1. The normalized spacial score (nSPS) is 15.5. The summed E-state index contributed by atoms with van der Waals surface area (Å²) in [4.78, 5) is 37.5. The number of carboxylic acids is 1. The van der Waals surface area contributed by atoms with Crippen LogP contribution in [0.4, 0.5) is 0 Å². The van der Waals surface area contributed by atoms with E-state index >= 15 is 0 Å². The van der Waals surface area contributed by atoms with Crippen LogP contribution in [0.5, 0.6) is 0 Å². The van der Waals surface area contributed by atoms with Gasteiger partial charge in [-0.2, -0.15) is 0 Å². The SMILES string of the molecule is O=C(O)C[C@@H](O)[C@@H](O)C(=O)COP(=O)(O)O. The maximum Gasteiger partial charge on any atom is 0.470 e. The Bertz CT molecular complexity index is 307. The molecule has 0 aromatic heterocycles. The van der Waals surface area contributed by atoms with Crippen LogP contribution in [0, 0.1) is 0 Å². The van der Waals surface area contributed by atoms with Crippen LogP contribution in [0.15, 0.2) is 0 Å². The number of hydrogen-bond acceptors (Lipinski definition) is 6. The summed E-state index contributed by atoms with van der Waals surface area (Å²) in [5.41, 5.74) is 0. The molecule has 0 saturated heterocycles. The number of aliphatic carboxylic acids is 1. The summed E-state index contributed by atoms with van der Waals surface area (Å²) in [5.74, 6) is -2.66. The lowest BCUT2D eigenvalue weighted by molar-refractivity contribution is -0.144. The van der Waals surface area contributed by atoms with E-state index in [1.54, 1.807) is 0 Å². The Morgan fingerprint density at radius 2 is 1.75 bits per heavy atom. The molecule has 2 atom stereocenters. The second kappa shape index (κ2) is 6.04. The topological polar surface area (TPSA) is 162 Å². The van der Waals surface area contributed by atoms with Crippen molar-refractivity contribution in [3.8, 4) is 0 Å². The molecule has 0 heterocycles. The quantitative estimate of drug-likeness (QED) is 0.321. The zero-order valence-electron chi connectivity index (χ0n) is 7.89. The maximum absolute atomic E-state index is 10.9. The molecule has 0 aliphatic heterocycles. The van der Waals surface area contributed by atoms with Crippen molar-refractivity contribution in [1.82, 2.24) is 0 Å². The van der Waals surface area contributed by atoms with Gasteiger partial charge >= 0.3 is 13.8 Å². The largest absolute Gasteiger partial charge is 0.481 e. The molecule has 0 aliphatic rings. The molecule has 0 aliphatic carbocycles. The number of phosphoric ester groups is 1. The molecule has 0 aromatic rings. The van der Waals surface area contributed by atoms with E-state index < -0.39 is 44.8 Å². The van der Waals surface area contributed by atoms with Crippen molar-refractivity contribution in [3.63, 3.8) is 0 Å². The fraction of sp³-hybridized carbons (Fsp3) is 0.667. The average Bonchev–Trinajstić information content (AvgIpc) is 2.10. The lowest BCUT2D eigenvalue weighted by Gasteiger charge is -2.14. The molecule has 10 heteroatoms. The van der Waals surface area contributed by atoms with Gasteiger partial charge in [-0.3, -0.25) is 14.1 Å². The summed E-state index contributed by atoms with van der Waals surface area (Å²) in [6, 6.07) is 0. The van der Waals surface area contributed by atoms with Gasteiger partial charge in [0.15, 0.2) is 5.78 Å². The Morgan fingerprint density at radius 3 is 2.12 bits per heavy atom. The minimum absolute atomic E-state index is 0.872. The Labute approximate surface area is 89.5 Å². The highest BCUT2D eigenvalue weighted by Gasteiger charge is 2.28. The van der Waals surface area contributed by atoms with Crippen LogP contribution >= 0.6 is 7.82 Å². The minimum Gasteiger partial charge on any atom is -0.481 e. The number of Topliss-reactive ketones (excluding diaryl/α,β-unsaturated/α-hetero) is 1. The number of aliphatic hydroxyl groups excluding tert-OH is 2. The third-order valence-corrected chi connectivity index (χ3v) is 1.92. The molecule has 0 aromatic carbocycles. The zero-order chi connectivity index (χ0) is 12.9. The molecule has 16 heavy (non-hydrogen) atoms. The number of rotatable bonds is 7. The third kappa shape index (κ3) is 6.62. The van der Waals surface area contributed by atoms with Crippen LogP contribution in [0.25, 0.3) is 0 Å². The van der Waals surface area contributed by atoms with Gasteiger partial charge in [0.1, 0.15) is 12.7 Å². The van der Waals surface area contributed by atoms with Crippen molar-refractivity contribution in [2.24, 2.45) is 0 Å². The first-order valence-corrected chi connectivity index (χ1v) is 5.47. The predicted molar refractivity (Wildman–Crippen MR) is 47.3 cm³/mol. The summed E-state index contributed by atoms with van der Waals surface area (Å²) in [6.45, 7) is -1.12. The van der Waals surface area contributed by atoms with E-state index in [2.05, 4.69) is 4.52 Å². The molecule has 0 saturated carbocycles. The molecule has 0 bridgehead atoms. The van der Waals surface area contributed by atoms with E-state index in [1.807, 2.05) is 0 Å². The minimum atomic E-state index is -4.85. The first-order valence-electron chi connectivity index (χ1n) is 3.94. The van der Waals surface area contributed by atoms with Gasteiger partial charge in [-0.05, 0) is 0 Å². The van der Waals surface area contributed by atoms with Crippen LogP contribution in [0.1, 0.15) is 6.42 Å². The molecule has 0 rings (SSSR count). The van der Waals surface area contributed by atoms with Crippen LogP contribution in [0.2, 0.25) is 0 Å². The standard InChI is InChI=1S/C6H11O9P/c7-3(1-5(9)10)6(11)4(8)2-15-16(12,13)14/h3,6-7,11H,1-2H2,(H,9,10)(H2,12,13,14)/t3-,6-/m1/s1. The van der Waals surface area contributed by atoms with Gasteiger partial charge < -0.3 is 25.1 Å². The highest BCUT2D eigenvalue weighted by Crippen LogP contribution is 2.35. The number of hydrogen-bond donors (Lipinski definition) is 5. The molecule has 0 unspecified atom stereocenters. The van der Waals surface area contributed by atoms with Crippen molar-refractivity contribution in [2.45, 2.75) is 18.6 Å². The van der Waals surface area contributed by atoms with E-state index in [1.165, 1.54) is 0 Å². The van der Waals surface area contributed by atoms with Crippen LogP contribution in [0.3, 0.4) is 0 Å². The van der Waals surface area contributed by atoms with Gasteiger partial charge in [0.25, 0.3) is 0 Å². The highest BCUT2D eigenvalue weighted by atomic mass is 31.2. The molecule has 9 nitrogen and oxygen atoms in total. The zero-order valence-corrected chi connectivity index (χ0v) is 8.78. The average molecular weight is 258 g/mol. The maximum atomic E-state index is 10.9. The second-order valence-electron chi connectivity index (χ2n) is 2.84. The predicted octanol–water partition coefficient (Wildman–Crippen LogP) is -2.14. The van der Waals surface area contributed by atoms with Crippen molar-refractivity contribution in [2.75, 3.05) is 6.61 Å². The Morgan fingerprint density at radius 1 is 1.25 bits per heavy atom. The van der Waals surface area contributed by atoms with Crippen molar-refractivity contribution < 1.29 is 43.8 Å². The number of aliphatic hydroxyl groups is 2. The number of carbonyl (C=O) groups is 2. The Kier molecular flexibility index (Phi) is 5.73. The Balaban J connectivity index is 4.18. The smallest absolute Gasteiger partial charge is 0.470 e. The summed E-state index contributed by atoms with van der Waals surface area (Å²) >= 11 is 0. The van der Waals surface area contributed by atoms with Crippen molar-refractivity contribution in [1.29, 1.82) is 0 Å². The van der Waals surface area contributed by atoms with Gasteiger partial charge in [-0.25, -0.2) is 4.57 Å². The number of ketones is 1. The monoisotopic (exact) mass is 258 g/mol. The number of carbonyl (C=O) groups excluding carboxylic acids is 1. The van der Waals surface area contributed by atoms with Crippen LogP contribution < -0.4 is 0 Å². The van der Waals surface area contributed by atoms with Crippen LogP contribution in [-0.4, -0.2) is 55.7 Å². The van der Waals surface area contributed by atoms with E-state index in [0.717, 1.165) is 0 Å². The molecule has 0 spiro atoms. The van der Waals surface area contributed by atoms with E-state index in [-0.39, 0.29) is 0 Å². The number of carboxylic acid groups (broad SMARTS) is 1. The second-order valence-corrected chi connectivity index (χ2v) is 4.08. The van der Waals surface area contributed by atoms with Gasteiger partial charge in [0, 0.05) is 0 Å². The number of phosphoric acid groups is 1. The first kappa shape index (κ1) is 15.2. The summed E-state index contributed by atoms with van der Waals surface area (Å²) in [7, 11) is -4.85. The molecular weight excluding hydrogens is 247 g/mol. The lowest BCUT2D eigenvalue weighted by Crippen LogP contribution is -2.37. The van der Waals surface area contributed by atoms with Crippen LogP contribution in [-0.2, 0) is 18.7 Å². The summed E-state index contributed by atoms with van der Waals surface area (Å²) in [5, 5.41) is 26.3. The molecule has 0 amide bonds. The fourth-order valence-electron chi connectivity index (χ4n) is 0.738. The van der Waals surface area contributed by atoms with Gasteiger partial charge in [-0.1, -0.05) is 0 Å². The highest BCUT2D eigenvalue weighted by molar-refractivity contribution is 7.46. The molecule has 0 fully saturated rings.